The third-order valence-electron chi connectivity index (χ3n) is 2.93. The highest BCUT2D eigenvalue weighted by atomic mass is 16.3. The summed E-state index contributed by atoms with van der Waals surface area (Å²) in [6.07, 6.45) is 0.825. The van der Waals surface area contributed by atoms with E-state index in [0.29, 0.717) is 5.69 Å². The first-order valence-corrected chi connectivity index (χ1v) is 6.09. The number of hydrogen-bond acceptors (Lipinski definition) is 3. The molecule has 98 valence electrons. The zero-order valence-corrected chi connectivity index (χ0v) is 10.7. The standard InChI is InChI=1S/C15H16N2O2/c1-2-10-5-3-4-6-14(10)17-15(19)12-9-11(18)7-8-13(12)16/h3-9,18H,2,16H2,1H3,(H,17,19). The maximum Gasteiger partial charge on any atom is 0.257 e. The number of aromatic hydroxyl groups is 1. The van der Waals surface area contributed by atoms with E-state index in [1.165, 1.54) is 18.2 Å². The molecule has 4 heteroatoms. The van der Waals surface area contributed by atoms with E-state index in [1.807, 2.05) is 31.2 Å². The molecule has 0 radical (unpaired) electrons. The lowest BCUT2D eigenvalue weighted by atomic mass is 10.1. The highest BCUT2D eigenvalue weighted by molar-refractivity contribution is 6.08. The second-order valence-corrected chi connectivity index (χ2v) is 4.24. The predicted octanol–water partition coefficient (Wildman–Crippen LogP) is 2.79. The van der Waals surface area contributed by atoms with Gasteiger partial charge in [-0.2, -0.15) is 0 Å². The van der Waals surface area contributed by atoms with Crippen molar-refractivity contribution in [1.29, 1.82) is 0 Å². The minimum Gasteiger partial charge on any atom is -0.508 e. The fourth-order valence-corrected chi connectivity index (χ4v) is 1.88. The van der Waals surface area contributed by atoms with Crippen LogP contribution in [-0.2, 0) is 6.42 Å². The molecule has 0 aliphatic carbocycles. The summed E-state index contributed by atoms with van der Waals surface area (Å²) < 4.78 is 0. The molecule has 0 aromatic heterocycles. The van der Waals surface area contributed by atoms with Gasteiger partial charge in [0.05, 0.1) is 5.56 Å². The monoisotopic (exact) mass is 256 g/mol. The van der Waals surface area contributed by atoms with Gasteiger partial charge in [0.15, 0.2) is 0 Å². The Hall–Kier alpha value is -2.49. The summed E-state index contributed by atoms with van der Waals surface area (Å²) in [6.45, 7) is 2.02. The van der Waals surface area contributed by atoms with Crippen LogP contribution in [0, 0.1) is 0 Å². The summed E-state index contributed by atoms with van der Waals surface area (Å²) in [5.74, 6) is -0.308. The first kappa shape index (κ1) is 13.0. The molecule has 0 aliphatic heterocycles. The van der Waals surface area contributed by atoms with Crippen molar-refractivity contribution in [2.24, 2.45) is 0 Å². The number of rotatable bonds is 3. The summed E-state index contributed by atoms with van der Waals surface area (Å²) in [6, 6.07) is 11.9. The topological polar surface area (TPSA) is 75.3 Å². The Labute approximate surface area is 111 Å². The molecule has 4 nitrogen and oxygen atoms in total. The van der Waals surface area contributed by atoms with Crippen LogP contribution >= 0.6 is 0 Å². The van der Waals surface area contributed by atoms with Crippen LogP contribution in [0.4, 0.5) is 11.4 Å². The molecule has 2 aromatic carbocycles. The highest BCUT2D eigenvalue weighted by Gasteiger charge is 2.12. The number of benzene rings is 2. The number of nitrogen functional groups attached to an aromatic ring is 1. The fourth-order valence-electron chi connectivity index (χ4n) is 1.88. The number of carbonyl (C=O) groups excluding carboxylic acids is 1. The van der Waals surface area contributed by atoms with Gasteiger partial charge in [-0.1, -0.05) is 25.1 Å². The summed E-state index contributed by atoms with van der Waals surface area (Å²) >= 11 is 0. The molecule has 2 aromatic rings. The molecule has 19 heavy (non-hydrogen) atoms. The van der Waals surface area contributed by atoms with Gasteiger partial charge in [-0.3, -0.25) is 4.79 Å². The van der Waals surface area contributed by atoms with Crippen LogP contribution in [0.25, 0.3) is 0 Å². The Kier molecular flexibility index (Phi) is 3.71. The number of hydrogen-bond donors (Lipinski definition) is 3. The fraction of sp³-hybridized carbons (Fsp3) is 0.133. The SMILES string of the molecule is CCc1ccccc1NC(=O)c1cc(O)ccc1N. The Bertz CT molecular complexity index is 609. The number of aryl methyl sites for hydroxylation is 1. The molecule has 0 aliphatic rings. The lowest BCUT2D eigenvalue weighted by Crippen LogP contribution is -2.15. The number of phenolic OH excluding ortho intramolecular Hbond substituents is 1. The molecule has 0 unspecified atom stereocenters. The quantitative estimate of drug-likeness (QED) is 0.584. The lowest BCUT2D eigenvalue weighted by molar-refractivity contribution is 0.102. The molecule has 2 rings (SSSR count). The third-order valence-corrected chi connectivity index (χ3v) is 2.93. The third kappa shape index (κ3) is 2.85. The van der Waals surface area contributed by atoms with Crippen molar-refractivity contribution in [3.05, 3.63) is 53.6 Å². The first-order chi connectivity index (χ1) is 9.11. The van der Waals surface area contributed by atoms with Crippen molar-refractivity contribution in [3.8, 4) is 5.75 Å². The van der Waals surface area contributed by atoms with E-state index in [1.54, 1.807) is 0 Å². The largest absolute Gasteiger partial charge is 0.508 e. The summed E-state index contributed by atoms with van der Waals surface area (Å²) in [7, 11) is 0. The Morgan fingerprint density at radius 1 is 1.26 bits per heavy atom. The smallest absolute Gasteiger partial charge is 0.257 e. The molecular formula is C15H16N2O2. The minimum atomic E-state index is -0.325. The van der Waals surface area contributed by atoms with Crippen molar-refractivity contribution < 1.29 is 9.90 Å². The highest BCUT2D eigenvalue weighted by Crippen LogP contribution is 2.21. The van der Waals surface area contributed by atoms with Gasteiger partial charge in [-0.25, -0.2) is 0 Å². The average Bonchev–Trinajstić information content (AvgIpc) is 2.42. The van der Waals surface area contributed by atoms with Crippen molar-refractivity contribution >= 4 is 17.3 Å². The first-order valence-electron chi connectivity index (χ1n) is 6.09. The van der Waals surface area contributed by atoms with Gasteiger partial charge in [-0.05, 0) is 36.2 Å². The number of para-hydroxylation sites is 1. The molecule has 0 bridgehead atoms. The minimum absolute atomic E-state index is 0.0168. The van der Waals surface area contributed by atoms with Crippen LogP contribution in [-0.4, -0.2) is 11.0 Å². The molecule has 0 heterocycles. The number of amides is 1. The Balaban J connectivity index is 2.28. The number of nitrogens with two attached hydrogens (primary N) is 1. The van der Waals surface area contributed by atoms with Crippen LogP contribution in [0.3, 0.4) is 0 Å². The van der Waals surface area contributed by atoms with Crippen molar-refractivity contribution in [3.63, 3.8) is 0 Å². The van der Waals surface area contributed by atoms with E-state index in [0.717, 1.165) is 17.7 Å². The lowest BCUT2D eigenvalue weighted by Gasteiger charge is -2.11. The van der Waals surface area contributed by atoms with E-state index in [4.69, 9.17) is 5.73 Å². The van der Waals surface area contributed by atoms with E-state index in [-0.39, 0.29) is 17.2 Å². The van der Waals surface area contributed by atoms with Crippen molar-refractivity contribution in [1.82, 2.24) is 0 Å². The van der Waals surface area contributed by atoms with Crippen LogP contribution in [0.1, 0.15) is 22.8 Å². The van der Waals surface area contributed by atoms with Gasteiger partial charge in [0.25, 0.3) is 5.91 Å². The summed E-state index contributed by atoms with van der Waals surface area (Å²) in [4.78, 5) is 12.2. The van der Waals surface area contributed by atoms with Gasteiger partial charge in [0.2, 0.25) is 0 Å². The molecule has 0 atom stereocenters. The molecular weight excluding hydrogens is 240 g/mol. The van der Waals surface area contributed by atoms with Gasteiger partial charge in [0, 0.05) is 11.4 Å². The molecule has 0 spiro atoms. The number of carbonyl (C=O) groups is 1. The van der Waals surface area contributed by atoms with E-state index >= 15 is 0 Å². The van der Waals surface area contributed by atoms with E-state index in [2.05, 4.69) is 5.32 Å². The number of anilines is 2. The van der Waals surface area contributed by atoms with Crippen LogP contribution in [0.5, 0.6) is 5.75 Å². The van der Waals surface area contributed by atoms with E-state index in [9.17, 15) is 9.90 Å². The van der Waals surface area contributed by atoms with Gasteiger partial charge >= 0.3 is 0 Å². The van der Waals surface area contributed by atoms with E-state index < -0.39 is 0 Å². The Morgan fingerprint density at radius 3 is 2.74 bits per heavy atom. The number of nitrogens with one attached hydrogen (secondary N) is 1. The average molecular weight is 256 g/mol. The normalized spacial score (nSPS) is 10.2. The molecule has 4 N–H and O–H groups in total. The maximum atomic E-state index is 12.2. The van der Waals surface area contributed by atoms with Gasteiger partial charge in [0.1, 0.15) is 5.75 Å². The zero-order chi connectivity index (χ0) is 13.8. The molecule has 0 saturated heterocycles. The van der Waals surface area contributed by atoms with Gasteiger partial charge in [-0.15, -0.1) is 0 Å². The maximum absolute atomic E-state index is 12.2. The van der Waals surface area contributed by atoms with Crippen LogP contribution in [0.15, 0.2) is 42.5 Å². The van der Waals surface area contributed by atoms with Crippen LogP contribution < -0.4 is 11.1 Å². The van der Waals surface area contributed by atoms with Gasteiger partial charge < -0.3 is 16.2 Å². The second-order valence-electron chi connectivity index (χ2n) is 4.24. The van der Waals surface area contributed by atoms with Crippen LogP contribution in [0.2, 0.25) is 0 Å². The molecule has 1 amide bonds. The van der Waals surface area contributed by atoms with Crippen molar-refractivity contribution in [2.75, 3.05) is 11.1 Å². The summed E-state index contributed by atoms with van der Waals surface area (Å²) in [5, 5.41) is 12.2. The van der Waals surface area contributed by atoms with Crippen molar-refractivity contribution in [2.45, 2.75) is 13.3 Å². The molecule has 0 saturated carbocycles. The molecule has 0 fully saturated rings. The Morgan fingerprint density at radius 2 is 2.00 bits per heavy atom. The summed E-state index contributed by atoms with van der Waals surface area (Å²) in [5.41, 5.74) is 8.16. The number of phenols is 1. The predicted molar refractivity (Wildman–Crippen MR) is 76.3 cm³/mol. The second kappa shape index (κ2) is 5.44. The zero-order valence-electron chi connectivity index (χ0n) is 10.7.